The first-order chi connectivity index (χ1) is 13.1. The van der Waals surface area contributed by atoms with Crippen molar-refractivity contribution in [1.82, 2.24) is 0 Å². The van der Waals surface area contributed by atoms with Crippen molar-refractivity contribution in [2.45, 2.75) is 6.10 Å². The van der Waals surface area contributed by atoms with Crippen LogP contribution in [-0.2, 0) is 0 Å². The predicted molar refractivity (Wildman–Crippen MR) is 100.0 cm³/mol. The standard InChI is InChI=1S/C22H18FNO3/c23-19-7-11-22(12-8-19)27-15-20(25)14-26-21-9-5-18(6-10-21)17-3-1-16(13-24)2-4-17/h1-12,20,25H,14-15H2. The lowest BCUT2D eigenvalue weighted by Crippen LogP contribution is -2.25. The van der Waals surface area contributed by atoms with Gasteiger partial charge in [-0.2, -0.15) is 5.26 Å². The second-order valence-electron chi connectivity index (χ2n) is 5.94. The molecule has 3 aromatic rings. The van der Waals surface area contributed by atoms with E-state index in [4.69, 9.17) is 14.7 Å². The fourth-order valence-corrected chi connectivity index (χ4v) is 2.44. The summed E-state index contributed by atoms with van der Waals surface area (Å²) in [6.07, 6.45) is -0.812. The van der Waals surface area contributed by atoms with Gasteiger partial charge >= 0.3 is 0 Å². The summed E-state index contributed by atoms with van der Waals surface area (Å²) in [6, 6.07) is 22.5. The van der Waals surface area contributed by atoms with Crippen LogP contribution < -0.4 is 9.47 Å². The maximum absolute atomic E-state index is 12.8. The first-order valence-electron chi connectivity index (χ1n) is 8.44. The Morgan fingerprint density at radius 3 is 1.70 bits per heavy atom. The minimum absolute atomic E-state index is 0.0506. The van der Waals surface area contributed by atoms with Crippen molar-refractivity contribution < 1.29 is 19.0 Å². The van der Waals surface area contributed by atoms with Crippen molar-refractivity contribution in [3.05, 3.63) is 84.2 Å². The molecule has 0 radical (unpaired) electrons. The van der Waals surface area contributed by atoms with Crippen molar-refractivity contribution in [3.63, 3.8) is 0 Å². The van der Waals surface area contributed by atoms with Gasteiger partial charge in [-0.1, -0.05) is 24.3 Å². The SMILES string of the molecule is N#Cc1ccc(-c2ccc(OCC(O)COc3ccc(F)cc3)cc2)cc1. The van der Waals surface area contributed by atoms with Gasteiger partial charge in [-0.25, -0.2) is 4.39 Å². The lowest BCUT2D eigenvalue weighted by atomic mass is 10.0. The Kier molecular flexibility index (Phi) is 6.03. The van der Waals surface area contributed by atoms with E-state index in [9.17, 15) is 9.50 Å². The van der Waals surface area contributed by atoms with E-state index in [1.807, 2.05) is 36.4 Å². The van der Waals surface area contributed by atoms with Gasteiger partial charge in [0.15, 0.2) is 0 Å². The number of nitriles is 1. The Labute approximate surface area is 157 Å². The van der Waals surface area contributed by atoms with Crippen molar-refractivity contribution in [1.29, 1.82) is 5.26 Å². The van der Waals surface area contributed by atoms with Gasteiger partial charge in [-0.15, -0.1) is 0 Å². The second kappa shape index (κ2) is 8.84. The van der Waals surface area contributed by atoms with Gasteiger partial charge in [0.05, 0.1) is 11.6 Å². The second-order valence-corrected chi connectivity index (χ2v) is 5.94. The topological polar surface area (TPSA) is 62.5 Å². The highest BCUT2D eigenvalue weighted by Gasteiger charge is 2.07. The molecule has 0 amide bonds. The van der Waals surface area contributed by atoms with Gasteiger partial charge in [-0.05, 0) is 59.7 Å². The van der Waals surface area contributed by atoms with Crippen LogP contribution in [0.1, 0.15) is 5.56 Å². The zero-order chi connectivity index (χ0) is 19.1. The van der Waals surface area contributed by atoms with E-state index in [0.29, 0.717) is 17.1 Å². The molecule has 27 heavy (non-hydrogen) atoms. The summed E-state index contributed by atoms with van der Waals surface area (Å²) in [7, 11) is 0. The van der Waals surface area contributed by atoms with E-state index in [0.717, 1.165) is 11.1 Å². The molecule has 1 N–H and O–H groups in total. The molecular formula is C22H18FNO3. The van der Waals surface area contributed by atoms with Crippen LogP contribution in [0.4, 0.5) is 4.39 Å². The molecule has 0 fully saturated rings. The maximum atomic E-state index is 12.8. The molecule has 0 spiro atoms. The number of hydrogen-bond acceptors (Lipinski definition) is 4. The molecule has 5 heteroatoms. The van der Waals surface area contributed by atoms with E-state index < -0.39 is 6.10 Å². The minimum Gasteiger partial charge on any atom is -0.491 e. The summed E-state index contributed by atoms with van der Waals surface area (Å²) in [5.41, 5.74) is 2.64. The number of rotatable bonds is 7. The highest BCUT2D eigenvalue weighted by Crippen LogP contribution is 2.23. The summed E-state index contributed by atoms with van der Waals surface area (Å²) in [4.78, 5) is 0. The Hall–Kier alpha value is -3.36. The normalized spacial score (nSPS) is 11.4. The van der Waals surface area contributed by atoms with E-state index in [1.54, 1.807) is 12.1 Å². The van der Waals surface area contributed by atoms with Gasteiger partial charge in [0.1, 0.15) is 36.6 Å². The van der Waals surface area contributed by atoms with E-state index in [1.165, 1.54) is 24.3 Å². The van der Waals surface area contributed by atoms with Crippen LogP contribution in [0.3, 0.4) is 0 Å². The number of aliphatic hydroxyl groups is 1. The Morgan fingerprint density at radius 1 is 0.778 bits per heavy atom. The predicted octanol–water partition coefficient (Wildman–Crippen LogP) is 4.18. The number of aliphatic hydroxyl groups excluding tert-OH is 1. The maximum Gasteiger partial charge on any atom is 0.123 e. The Morgan fingerprint density at radius 2 is 1.22 bits per heavy atom. The fourth-order valence-electron chi connectivity index (χ4n) is 2.44. The highest BCUT2D eigenvalue weighted by atomic mass is 19.1. The number of halogens is 1. The molecule has 4 nitrogen and oxygen atoms in total. The van der Waals surface area contributed by atoms with Gasteiger partial charge in [0.25, 0.3) is 0 Å². The summed E-state index contributed by atoms with van der Waals surface area (Å²) in [5, 5.41) is 18.8. The molecule has 0 saturated heterocycles. The molecule has 0 aliphatic carbocycles. The van der Waals surface area contributed by atoms with Crippen LogP contribution >= 0.6 is 0 Å². The van der Waals surface area contributed by atoms with Crippen LogP contribution in [0.15, 0.2) is 72.8 Å². The molecule has 136 valence electrons. The molecule has 0 aliphatic heterocycles. The van der Waals surface area contributed by atoms with Crippen molar-refractivity contribution in [2.24, 2.45) is 0 Å². The zero-order valence-corrected chi connectivity index (χ0v) is 14.5. The molecule has 0 aliphatic rings. The average molecular weight is 363 g/mol. The highest BCUT2D eigenvalue weighted by molar-refractivity contribution is 5.64. The molecule has 0 bridgehead atoms. The largest absolute Gasteiger partial charge is 0.491 e. The van der Waals surface area contributed by atoms with Gasteiger partial charge < -0.3 is 14.6 Å². The third-order valence-corrected chi connectivity index (χ3v) is 3.90. The van der Waals surface area contributed by atoms with Gasteiger partial charge in [0, 0.05) is 0 Å². The van der Waals surface area contributed by atoms with Crippen LogP contribution in [-0.4, -0.2) is 24.4 Å². The molecule has 0 heterocycles. The summed E-state index contributed by atoms with van der Waals surface area (Å²) in [5.74, 6) is 0.783. The van der Waals surface area contributed by atoms with Crippen LogP contribution in [0, 0.1) is 17.1 Å². The molecule has 0 saturated carbocycles. The number of nitrogens with zero attached hydrogens (tertiary/aromatic N) is 1. The van der Waals surface area contributed by atoms with Crippen molar-refractivity contribution >= 4 is 0 Å². The van der Waals surface area contributed by atoms with Gasteiger partial charge in [0.2, 0.25) is 0 Å². The molecule has 0 aromatic heterocycles. The van der Waals surface area contributed by atoms with Crippen molar-refractivity contribution in [3.8, 4) is 28.7 Å². The fraction of sp³-hybridized carbons (Fsp3) is 0.136. The first-order valence-corrected chi connectivity index (χ1v) is 8.44. The molecule has 1 atom stereocenters. The summed E-state index contributed by atoms with van der Waals surface area (Å²) in [6.45, 7) is 0.131. The van der Waals surface area contributed by atoms with E-state index in [2.05, 4.69) is 6.07 Å². The van der Waals surface area contributed by atoms with Gasteiger partial charge in [-0.3, -0.25) is 0 Å². The third kappa shape index (κ3) is 5.30. The smallest absolute Gasteiger partial charge is 0.123 e. The zero-order valence-electron chi connectivity index (χ0n) is 14.5. The minimum atomic E-state index is -0.812. The molecule has 1 unspecified atom stereocenters. The quantitative estimate of drug-likeness (QED) is 0.684. The Bertz CT molecular complexity index is 900. The first kappa shape index (κ1) is 18.4. The third-order valence-electron chi connectivity index (χ3n) is 3.90. The van der Waals surface area contributed by atoms with E-state index >= 15 is 0 Å². The van der Waals surface area contributed by atoms with Crippen molar-refractivity contribution in [2.75, 3.05) is 13.2 Å². The van der Waals surface area contributed by atoms with Crippen LogP contribution in [0.5, 0.6) is 11.5 Å². The number of hydrogen-bond donors (Lipinski definition) is 1. The number of ether oxygens (including phenoxy) is 2. The lowest BCUT2D eigenvalue weighted by Gasteiger charge is -2.14. The monoisotopic (exact) mass is 363 g/mol. The number of benzene rings is 3. The summed E-state index contributed by atoms with van der Waals surface area (Å²) < 4.78 is 23.8. The van der Waals surface area contributed by atoms with Crippen LogP contribution in [0.2, 0.25) is 0 Å². The Balaban J connectivity index is 1.49. The van der Waals surface area contributed by atoms with Crippen LogP contribution in [0.25, 0.3) is 11.1 Å². The lowest BCUT2D eigenvalue weighted by molar-refractivity contribution is 0.0626. The average Bonchev–Trinajstić information content (AvgIpc) is 2.72. The molecule has 3 aromatic carbocycles. The molecular weight excluding hydrogens is 345 g/mol. The molecule has 3 rings (SSSR count). The summed E-state index contributed by atoms with van der Waals surface area (Å²) >= 11 is 0. The van der Waals surface area contributed by atoms with E-state index in [-0.39, 0.29) is 19.0 Å².